The van der Waals surface area contributed by atoms with E-state index in [2.05, 4.69) is 10.1 Å². The van der Waals surface area contributed by atoms with Gasteiger partial charge in [-0.25, -0.2) is 0 Å². The third-order valence-corrected chi connectivity index (χ3v) is 5.48. The van der Waals surface area contributed by atoms with Gasteiger partial charge in [0.1, 0.15) is 0 Å². The molecular weight excluding hydrogens is 401 g/mol. The maximum atomic E-state index is 12.5. The van der Waals surface area contributed by atoms with Gasteiger partial charge in [-0.3, -0.25) is 4.79 Å². The maximum Gasteiger partial charge on any atom is 0.291 e. The van der Waals surface area contributed by atoms with Gasteiger partial charge in [0.05, 0.1) is 14.6 Å². The number of rotatable bonds is 2. The van der Waals surface area contributed by atoms with E-state index < -0.39 is 0 Å². The van der Waals surface area contributed by atoms with Gasteiger partial charge in [-0.1, -0.05) is 52.2 Å². The first-order valence-electron chi connectivity index (χ1n) is 7.13. The van der Waals surface area contributed by atoms with Crippen LogP contribution in [0.2, 0.25) is 15.1 Å². The fourth-order valence-corrected chi connectivity index (χ4v) is 3.65. The third-order valence-electron chi connectivity index (χ3n) is 3.53. The van der Waals surface area contributed by atoms with Gasteiger partial charge in [0.2, 0.25) is 4.96 Å². The predicted octanol–water partition coefficient (Wildman–Crippen LogP) is 4.33. The summed E-state index contributed by atoms with van der Waals surface area (Å²) in [5.41, 5.74) is 1.36. The van der Waals surface area contributed by atoms with Gasteiger partial charge < -0.3 is 0 Å². The molecule has 124 valence electrons. The highest BCUT2D eigenvalue weighted by molar-refractivity contribution is 7.15. The zero-order valence-electron chi connectivity index (χ0n) is 12.4. The first kappa shape index (κ1) is 16.5. The Kier molecular flexibility index (Phi) is 4.25. The van der Waals surface area contributed by atoms with Gasteiger partial charge in [0.25, 0.3) is 5.56 Å². The Morgan fingerprint density at radius 1 is 1.00 bits per heavy atom. The minimum Gasteiger partial charge on any atom is -0.266 e. The van der Waals surface area contributed by atoms with E-state index in [9.17, 15) is 4.79 Å². The quantitative estimate of drug-likeness (QED) is 0.496. The van der Waals surface area contributed by atoms with Crippen molar-refractivity contribution < 1.29 is 0 Å². The lowest BCUT2D eigenvalue weighted by molar-refractivity contribution is 0.937. The lowest BCUT2D eigenvalue weighted by Crippen LogP contribution is -2.23. The van der Waals surface area contributed by atoms with Crippen LogP contribution >= 0.6 is 46.1 Å². The van der Waals surface area contributed by atoms with Crippen LogP contribution < -0.4 is 10.1 Å². The number of hydrogen-bond donors (Lipinski definition) is 0. The number of halogens is 3. The summed E-state index contributed by atoms with van der Waals surface area (Å²) in [7, 11) is 0. The molecule has 0 aliphatic carbocycles. The van der Waals surface area contributed by atoms with E-state index >= 15 is 0 Å². The van der Waals surface area contributed by atoms with Crippen molar-refractivity contribution in [3.63, 3.8) is 0 Å². The number of hydrogen-bond acceptors (Lipinski definition) is 4. The van der Waals surface area contributed by atoms with Crippen molar-refractivity contribution >= 4 is 57.2 Å². The summed E-state index contributed by atoms with van der Waals surface area (Å²) in [4.78, 5) is 17.5. The Bertz CT molecular complexity index is 1200. The minimum absolute atomic E-state index is 0.223. The lowest BCUT2D eigenvalue weighted by Gasteiger charge is -1.96. The van der Waals surface area contributed by atoms with Crippen molar-refractivity contribution in [3.8, 4) is 11.4 Å². The van der Waals surface area contributed by atoms with E-state index in [1.807, 2.05) is 12.1 Å². The molecule has 0 fully saturated rings. The number of fused-ring (bicyclic) bond motifs is 1. The van der Waals surface area contributed by atoms with E-state index in [-0.39, 0.29) is 5.56 Å². The highest BCUT2D eigenvalue weighted by atomic mass is 35.5. The van der Waals surface area contributed by atoms with Crippen LogP contribution in [0.5, 0.6) is 0 Å². The predicted molar refractivity (Wildman–Crippen MR) is 103 cm³/mol. The van der Waals surface area contributed by atoms with Crippen LogP contribution in [-0.4, -0.2) is 14.6 Å². The van der Waals surface area contributed by atoms with E-state index in [1.165, 1.54) is 15.9 Å². The molecule has 0 aliphatic heterocycles. The van der Waals surface area contributed by atoms with Crippen molar-refractivity contribution in [1.82, 2.24) is 14.6 Å². The molecule has 2 aromatic heterocycles. The van der Waals surface area contributed by atoms with Crippen molar-refractivity contribution in [3.05, 3.63) is 78.0 Å². The summed E-state index contributed by atoms with van der Waals surface area (Å²) in [6.07, 6.45) is 1.74. The molecular formula is C17H8Cl3N3OS. The average molecular weight is 409 g/mol. The topological polar surface area (TPSA) is 47.3 Å². The second kappa shape index (κ2) is 6.42. The number of nitrogens with zero attached hydrogens (tertiary/aromatic N) is 3. The normalized spacial score (nSPS) is 12.2. The van der Waals surface area contributed by atoms with Crippen molar-refractivity contribution in [2.75, 3.05) is 0 Å². The van der Waals surface area contributed by atoms with Crippen LogP contribution in [0.25, 0.3) is 22.4 Å². The number of benzene rings is 2. The summed E-state index contributed by atoms with van der Waals surface area (Å²) in [5.74, 6) is 0.487. The molecule has 4 rings (SSSR count). The summed E-state index contributed by atoms with van der Waals surface area (Å²) < 4.78 is 1.83. The molecule has 8 heteroatoms. The Labute approximate surface area is 160 Å². The van der Waals surface area contributed by atoms with Crippen molar-refractivity contribution in [2.45, 2.75) is 0 Å². The Morgan fingerprint density at radius 3 is 2.44 bits per heavy atom. The molecule has 0 bridgehead atoms. The third kappa shape index (κ3) is 3.16. The first-order chi connectivity index (χ1) is 12.0. The zero-order valence-corrected chi connectivity index (χ0v) is 15.5. The molecule has 0 saturated heterocycles. The standard InChI is InChI=1S/C17H8Cl3N3OS/c18-11-4-2-10(3-5-11)15-21-17-23(22-15)16(24)14(25-17)8-9-1-6-12(19)13(20)7-9/h1-8H/b14-8-. The summed E-state index contributed by atoms with van der Waals surface area (Å²) in [5, 5.41) is 5.84. The Hall–Kier alpha value is -1.92. The molecule has 0 saturated carbocycles. The van der Waals surface area contributed by atoms with Gasteiger partial charge in [-0.15, -0.1) is 5.10 Å². The fraction of sp³-hybridized carbons (Fsp3) is 0. The van der Waals surface area contributed by atoms with Crippen LogP contribution in [-0.2, 0) is 0 Å². The highest BCUT2D eigenvalue weighted by Gasteiger charge is 2.12. The second-order valence-electron chi connectivity index (χ2n) is 5.23. The molecule has 0 amide bonds. The molecule has 0 spiro atoms. The lowest BCUT2D eigenvalue weighted by atomic mass is 10.2. The first-order valence-corrected chi connectivity index (χ1v) is 9.08. The minimum atomic E-state index is -0.223. The summed E-state index contributed by atoms with van der Waals surface area (Å²) in [6.45, 7) is 0. The largest absolute Gasteiger partial charge is 0.291 e. The zero-order chi connectivity index (χ0) is 17.6. The van der Waals surface area contributed by atoms with Crippen LogP contribution in [0.1, 0.15) is 5.56 Å². The van der Waals surface area contributed by atoms with Gasteiger partial charge in [-0.05, 0) is 48.0 Å². The second-order valence-corrected chi connectivity index (χ2v) is 7.49. The fourth-order valence-electron chi connectivity index (χ4n) is 2.31. The highest BCUT2D eigenvalue weighted by Crippen LogP contribution is 2.23. The van der Waals surface area contributed by atoms with E-state index in [4.69, 9.17) is 34.8 Å². The van der Waals surface area contributed by atoms with Crippen LogP contribution in [0.4, 0.5) is 0 Å². The summed E-state index contributed by atoms with van der Waals surface area (Å²) >= 11 is 19.1. The maximum absolute atomic E-state index is 12.5. The van der Waals surface area contributed by atoms with Gasteiger partial charge in [-0.2, -0.15) is 9.50 Å². The van der Waals surface area contributed by atoms with Gasteiger partial charge in [0.15, 0.2) is 5.82 Å². The molecule has 0 unspecified atom stereocenters. The number of aromatic nitrogens is 3. The molecule has 25 heavy (non-hydrogen) atoms. The van der Waals surface area contributed by atoms with Crippen molar-refractivity contribution in [1.29, 1.82) is 0 Å². The molecule has 2 heterocycles. The summed E-state index contributed by atoms with van der Waals surface area (Å²) in [6, 6.07) is 12.3. The van der Waals surface area contributed by atoms with Gasteiger partial charge >= 0.3 is 0 Å². The van der Waals surface area contributed by atoms with E-state index in [1.54, 1.807) is 36.4 Å². The number of thiazole rings is 1. The van der Waals surface area contributed by atoms with Crippen molar-refractivity contribution in [2.24, 2.45) is 0 Å². The van der Waals surface area contributed by atoms with Crippen LogP contribution in [0, 0.1) is 0 Å². The van der Waals surface area contributed by atoms with E-state index in [0.29, 0.717) is 30.4 Å². The smallest absolute Gasteiger partial charge is 0.266 e. The molecule has 0 radical (unpaired) electrons. The van der Waals surface area contributed by atoms with Crippen LogP contribution in [0.15, 0.2) is 47.3 Å². The molecule has 4 nitrogen and oxygen atoms in total. The molecule has 0 aliphatic rings. The Balaban J connectivity index is 1.80. The molecule has 0 N–H and O–H groups in total. The SMILES string of the molecule is O=c1/c(=C/c2ccc(Cl)c(Cl)c2)sc2nc(-c3ccc(Cl)cc3)nn12. The van der Waals surface area contributed by atoms with Gasteiger partial charge in [0, 0.05) is 10.6 Å². The molecule has 0 atom stereocenters. The van der Waals surface area contributed by atoms with E-state index in [0.717, 1.165) is 11.1 Å². The Morgan fingerprint density at radius 2 is 1.76 bits per heavy atom. The molecule has 2 aromatic carbocycles. The average Bonchev–Trinajstić information content (AvgIpc) is 3.12. The monoisotopic (exact) mass is 407 g/mol. The van der Waals surface area contributed by atoms with Crippen LogP contribution in [0.3, 0.4) is 0 Å². The molecule has 4 aromatic rings.